The Morgan fingerprint density at radius 1 is 1.12 bits per heavy atom. The van der Waals surface area contributed by atoms with Gasteiger partial charge in [0.2, 0.25) is 0 Å². The molecule has 0 spiro atoms. The Hall–Kier alpha value is -0.570. The lowest BCUT2D eigenvalue weighted by molar-refractivity contribution is -0.135. The van der Waals surface area contributed by atoms with Gasteiger partial charge in [0, 0.05) is 7.11 Å². The number of rotatable bonds is 6. The smallest absolute Gasteiger partial charge is 0.293 e. The van der Waals surface area contributed by atoms with Crippen LogP contribution in [0.1, 0.15) is 48.0 Å². The lowest BCUT2D eigenvalue weighted by Gasteiger charge is -2.39. The van der Waals surface area contributed by atoms with Crippen LogP contribution >= 0.6 is 0 Å². The molecule has 0 aliphatic heterocycles. The highest BCUT2D eigenvalue weighted by Crippen LogP contribution is 2.39. The van der Waals surface area contributed by atoms with E-state index in [-0.39, 0.29) is 16.9 Å². The van der Waals surface area contributed by atoms with Gasteiger partial charge in [-0.25, -0.2) is 0 Å². The molecule has 0 saturated carbocycles. The minimum atomic E-state index is -0.0422. The quantitative estimate of drug-likeness (QED) is 0.673. The van der Waals surface area contributed by atoms with Crippen molar-refractivity contribution in [2.45, 2.75) is 54.1 Å². The average Bonchev–Trinajstić information content (AvgIpc) is 2.14. The van der Waals surface area contributed by atoms with Gasteiger partial charge in [-0.2, -0.15) is 0 Å². The third-order valence-corrected chi connectivity index (χ3v) is 3.02. The lowest BCUT2D eigenvalue weighted by atomic mass is 9.69. The second kappa shape index (κ2) is 6.39. The molecule has 3 heteroatoms. The fourth-order valence-corrected chi connectivity index (χ4v) is 2.14. The Bertz CT molecular complexity index is 223. The topological polar surface area (TPSA) is 35.5 Å². The molecule has 102 valence electrons. The van der Waals surface area contributed by atoms with Crippen LogP contribution in [0.2, 0.25) is 0 Å². The minimum absolute atomic E-state index is 0.0422. The van der Waals surface area contributed by atoms with Crippen LogP contribution in [0, 0.1) is 16.7 Å². The van der Waals surface area contributed by atoms with E-state index in [0.717, 1.165) is 6.42 Å². The van der Waals surface area contributed by atoms with E-state index in [0.29, 0.717) is 19.0 Å². The van der Waals surface area contributed by atoms with Crippen molar-refractivity contribution in [3.8, 4) is 0 Å². The summed E-state index contributed by atoms with van der Waals surface area (Å²) in [6.45, 7) is 14.1. The van der Waals surface area contributed by atoms with Crippen molar-refractivity contribution in [1.29, 1.82) is 0 Å². The Morgan fingerprint density at radius 2 is 1.65 bits per heavy atom. The first-order valence-corrected chi connectivity index (χ1v) is 6.20. The van der Waals surface area contributed by atoms with E-state index in [4.69, 9.17) is 9.47 Å². The molecule has 0 aromatic carbocycles. The van der Waals surface area contributed by atoms with E-state index in [1.807, 2.05) is 0 Å². The van der Waals surface area contributed by atoms with Crippen molar-refractivity contribution >= 4 is 6.47 Å². The normalized spacial score (nSPS) is 16.4. The van der Waals surface area contributed by atoms with Gasteiger partial charge in [-0.15, -0.1) is 0 Å². The largest absolute Gasteiger partial charge is 0.465 e. The molecule has 2 atom stereocenters. The Kier molecular flexibility index (Phi) is 6.17. The summed E-state index contributed by atoms with van der Waals surface area (Å²) in [6.07, 6.45) is 0.997. The number of carbonyl (C=O) groups excluding carboxylic acids is 1. The van der Waals surface area contributed by atoms with Crippen molar-refractivity contribution in [1.82, 2.24) is 0 Å². The molecule has 0 rings (SSSR count). The Labute approximate surface area is 106 Å². The van der Waals surface area contributed by atoms with Gasteiger partial charge in [-0.1, -0.05) is 41.5 Å². The first-order chi connectivity index (χ1) is 7.61. The van der Waals surface area contributed by atoms with Gasteiger partial charge in [-0.05, 0) is 23.2 Å². The molecule has 3 nitrogen and oxygen atoms in total. The Morgan fingerprint density at radius 3 is 1.94 bits per heavy atom. The summed E-state index contributed by atoms with van der Waals surface area (Å²) in [5.41, 5.74) is 0.357. The third kappa shape index (κ3) is 6.67. The zero-order chi connectivity index (χ0) is 13.7. The van der Waals surface area contributed by atoms with Gasteiger partial charge in [-0.3, -0.25) is 4.79 Å². The highest BCUT2D eigenvalue weighted by Gasteiger charge is 2.35. The van der Waals surface area contributed by atoms with Crippen LogP contribution in [-0.2, 0) is 14.3 Å². The molecule has 0 aromatic heterocycles. The zero-order valence-electron chi connectivity index (χ0n) is 12.4. The summed E-state index contributed by atoms with van der Waals surface area (Å²) in [6, 6.07) is 0. The molecule has 2 unspecified atom stereocenters. The maximum Gasteiger partial charge on any atom is 0.293 e. The summed E-state index contributed by atoms with van der Waals surface area (Å²) in [7, 11) is 1.68. The summed E-state index contributed by atoms with van der Waals surface area (Å²) < 4.78 is 10.4. The summed E-state index contributed by atoms with van der Waals surface area (Å²) in [5.74, 6) is 0.354. The lowest BCUT2D eigenvalue weighted by Crippen LogP contribution is -2.39. The van der Waals surface area contributed by atoms with Gasteiger partial charge in [0.1, 0.15) is 6.61 Å². The number of carbonyl (C=O) groups is 1. The highest BCUT2D eigenvalue weighted by molar-refractivity contribution is 5.36. The molecule has 0 heterocycles. The Balaban J connectivity index is 4.81. The van der Waals surface area contributed by atoms with E-state index in [1.165, 1.54) is 0 Å². The molecular formula is C14H28O3. The summed E-state index contributed by atoms with van der Waals surface area (Å²) in [5, 5.41) is 0. The summed E-state index contributed by atoms with van der Waals surface area (Å²) in [4.78, 5) is 10.3. The van der Waals surface area contributed by atoms with Crippen LogP contribution in [0.5, 0.6) is 0 Å². The van der Waals surface area contributed by atoms with Crippen LogP contribution in [-0.4, -0.2) is 26.3 Å². The predicted molar refractivity (Wildman–Crippen MR) is 69.8 cm³/mol. The molecular weight excluding hydrogens is 216 g/mol. The van der Waals surface area contributed by atoms with E-state index in [2.05, 4.69) is 41.5 Å². The fraction of sp³-hybridized carbons (Fsp3) is 0.929. The zero-order valence-corrected chi connectivity index (χ0v) is 12.4. The molecule has 0 aromatic rings. The van der Waals surface area contributed by atoms with Gasteiger partial charge in [0.15, 0.2) is 0 Å². The van der Waals surface area contributed by atoms with Gasteiger partial charge < -0.3 is 9.47 Å². The van der Waals surface area contributed by atoms with Crippen LogP contribution in [0.15, 0.2) is 0 Å². The van der Waals surface area contributed by atoms with Gasteiger partial charge >= 0.3 is 0 Å². The molecule has 0 fully saturated rings. The van der Waals surface area contributed by atoms with E-state index < -0.39 is 0 Å². The maximum atomic E-state index is 10.3. The molecule has 0 aliphatic carbocycles. The monoisotopic (exact) mass is 244 g/mol. The second-order valence-electron chi connectivity index (χ2n) is 6.94. The summed E-state index contributed by atoms with van der Waals surface area (Å²) >= 11 is 0. The highest BCUT2D eigenvalue weighted by atomic mass is 16.5. The molecule has 0 N–H and O–H groups in total. The standard InChI is InChI=1S/C14H28O3/c1-13(2,3)8-11(14(4,5)6)12(16-7)9-17-10-15/h10-12H,8-9H2,1-7H3. The van der Waals surface area contributed by atoms with Crippen LogP contribution in [0.25, 0.3) is 0 Å². The first-order valence-electron chi connectivity index (χ1n) is 6.20. The molecule has 17 heavy (non-hydrogen) atoms. The first kappa shape index (κ1) is 16.4. The van der Waals surface area contributed by atoms with E-state index >= 15 is 0 Å². The van der Waals surface area contributed by atoms with Gasteiger partial charge in [0.05, 0.1) is 6.10 Å². The molecule has 0 amide bonds. The fourth-order valence-electron chi connectivity index (χ4n) is 2.14. The molecule has 0 saturated heterocycles. The predicted octanol–water partition coefficient (Wildman–Crippen LogP) is 3.27. The molecule has 0 aliphatic rings. The molecule has 0 bridgehead atoms. The van der Waals surface area contributed by atoms with Crippen molar-refractivity contribution in [3.63, 3.8) is 0 Å². The second-order valence-corrected chi connectivity index (χ2v) is 6.94. The van der Waals surface area contributed by atoms with Crippen molar-refractivity contribution in [3.05, 3.63) is 0 Å². The number of ether oxygens (including phenoxy) is 2. The average molecular weight is 244 g/mol. The SMILES string of the molecule is COC(COC=O)C(CC(C)(C)C)C(C)(C)C. The van der Waals surface area contributed by atoms with Crippen molar-refractivity contribution < 1.29 is 14.3 Å². The third-order valence-electron chi connectivity index (χ3n) is 3.02. The number of methoxy groups -OCH3 is 1. The molecule has 0 radical (unpaired) electrons. The number of hydrogen-bond acceptors (Lipinski definition) is 3. The van der Waals surface area contributed by atoms with Crippen molar-refractivity contribution in [2.75, 3.05) is 13.7 Å². The minimum Gasteiger partial charge on any atom is -0.465 e. The van der Waals surface area contributed by atoms with Crippen molar-refractivity contribution in [2.24, 2.45) is 16.7 Å². The van der Waals surface area contributed by atoms with Crippen LogP contribution < -0.4 is 0 Å². The van der Waals surface area contributed by atoms with Gasteiger partial charge in [0.25, 0.3) is 6.47 Å². The van der Waals surface area contributed by atoms with E-state index in [1.54, 1.807) is 7.11 Å². The van der Waals surface area contributed by atoms with Crippen LogP contribution in [0.4, 0.5) is 0 Å². The van der Waals surface area contributed by atoms with Crippen LogP contribution in [0.3, 0.4) is 0 Å². The number of hydrogen-bond donors (Lipinski definition) is 0. The maximum absolute atomic E-state index is 10.3. The van der Waals surface area contributed by atoms with E-state index in [9.17, 15) is 4.79 Å².